The molecule has 2 aliphatic heterocycles. The molecule has 7 heteroatoms. The van der Waals surface area contributed by atoms with Crippen molar-refractivity contribution in [2.24, 2.45) is 0 Å². The van der Waals surface area contributed by atoms with Crippen molar-refractivity contribution >= 4 is 22.0 Å². The second-order valence-corrected chi connectivity index (χ2v) is 9.80. The van der Waals surface area contributed by atoms with Crippen molar-refractivity contribution in [2.75, 3.05) is 27.2 Å². The molecule has 4 rings (SSSR count). The maximum absolute atomic E-state index is 12.7. The van der Waals surface area contributed by atoms with E-state index in [1.165, 1.54) is 0 Å². The molecule has 1 atom stereocenters. The molecule has 0 aliphatic carbocycles. The topological polar surface area (TPSA) is 52.6 Å². The lowest BCUT2D eigenvalue weighted by molar-refractivity contribution is -0.812. The summed E-state index contributed by atoms with van der Waals surface area (Å²) in [4.78, 5) is 0.349. The Balaban J connectivity index is 1.71. The van der Waals surface area contributed by atoms with Crippen molar-refractivity contribution in [1.82, 2.24) is 0 Å². The zero-order chi connectivity index (χ0) is 18.4. The Hall–Kier alpha value is -1.67. The predicted molar refractivity (Wildman–Crippen MR) is 101 cm³/mol. The highest BCUT2D eigenvalue weighted by Crippen LogP contribution is 2.31. The molecule has 1 unspecified atom stereocenters. The first-order valence-electron chi connectivity index (χ1n) is 8.99. The van der Waals surface area contributed by atoms with Crippen LogP contribution in [-0.4, -0.2) is 46.7 Å². The van der Waals surface area contributed by atoms with Crippen LogP contribution in [0.2, 0.25) is 0 Å². The predicted octanol–water partition coefficient (Wildman–Crippen LogP) is 1.83. The van der Waals surface area contributed by atoms with Crippen LogP contribution in [0.15, 0.2) is 53.4 Å². The van der Waals surface area contributed by atoms with Gasteiger partial charge in [-0.25, -0.2) is 8.42 Å². The second kappa shape index (κ2) is 6.20. The van der Waals surface area contributed by atoms with E-state index in [4.69, 9.17) is 9.31 Å². The monoisotopic (exact) mass is 373 g/mol. The Morgan fingerprint density at radius 2 is 1.85 bits per heavy atom. The summed E-state index contributed by atoms with van der Waals surface area (Å²) >= 11 is 0. The van der Waals surface area contributed by atoms with Crippen LogP contribution in [0.4, 0.5) is 0 Å². The van der Waals surface area contributed by atoms with Crippen LogP contribution >= 0.6 is 0 Å². The summed E-state index contributed by atoms with van der Waals surface area (Å²) in [6, 6.07) is 14.4. The zero-order valence-corrected chi connectivity index (χ0v) is 16.0. The lowest BCUT2D eigenvalue weighted by atomic mass is 9.58. The molecule has 1 spiro atoms. The number of hydrogen-bond acceptors (Lipinski definition) is 4. The van der Waals surface area contributed by atoms with Gasteiger partial charge in [0.25, 0.3) is 0 Å². The second-order valence-electron chi connectivity index (χ2n) is 7.81. The largest absolute Gasteiger partial charge is 0.509 e. The van der Waals surface area contributed by atoms with Gasteiger partial charge in [0.05, 0.1) is 10.6 Å². The lowest BCUT2D eigenvalue weighted by Gasteiger charge is -2.55. The maximum Gasteiger partial charge on any atom is 0.502 e. The summed E-state index contributed by atoms with van der Waals surface area (Å²) in [5.41, 5.74) is 2.89. The Morgan fingerprint density at radius 1 is 1.08 bits per heavy atom. The van der Waals surface area contributed by atoms with Crippen LogP contribution in [0, 0.1) is 0 Å². The molecule has 26 heavy (non-hydrogen) atoms. The molecule has 2 aliphatic rings. The first-order valence-corrected chi connectivity index (χ1v) is 10.6. The number of fused-ring (bicyclic) bond motifs is 2. The van der Waals surface area contributed by atoms with Gasteiger partial charge in [-0.15, -0.1) is 0 Å². The van der Waals surface area contributed by atoms with E-state index in [1.54, 1.807) is 24.3 Å². The summed E-state index contributed by atoms with van der Waals surface area (Å²) in [5, 5.41) is 0. The molecule has 0 radical (unpaired) electrons. The summed E-state index contributed by atoms with van der Waals surface area (Å²) in [6.45, 7) is 0.536. The lowest BCUT2D eigenvalue weighted by Crippen LogP contribution is -2.74. The molecule has 0 amide bonds. The minimum absolute atomic E-state index is 0.0239. The molecule has 0 N–H and O–H groups in total. The van der Waals surface area contributed by atoms with E-state index in [-0.39, 0.29) is 5.75 Å². The van der Waals surface area contributed by atoms with Gasteiger partial charge in [0.1, 0.15) is 0 Å². The van der Waals surface area contributed by atoms with Gasteiger partial charge >= 0.3 is 6.69 Å². The zero-order valence-electron chi connectivity index (χ0n) is 15.2. The van der Waals surface area contributed by atoms with Crippen molar-refractivity contribution in [3.63, 3.8) is 0 Å². The quantitative estimate of drug-likeness (QED) is 0.771. The van der Waals surface area contributed by atoms with Crippen molar-refractivity contribution < 1.29 is 22.1 Å². The molecular weight excluding hydrogens is 349 g/mol. The number of benzene rings is 2. The van der Waals surface area contributed by atoms with Crippen molar-refractivity contribution in [2.45, 2.75) is 23.7 Å². The number of rotatable bonds is 3. The van der Waals surface area contributed by atoms with E-state index < -0.39 is 16.5 Å². The van der Waals surface area contributed by atoms with E-state index >= 15 is 0 Å². The minimum Gasteiger partial charge on any atom is -0.509 e. The van der Waals surface area contributed by atoms with Crippen LogP contribution in [0.5, 0.6) is 0 Å². The normalized spacial score (nSPS) is 24.5. The summed E-state index contributed by atoms with van der Waals surface area (Å²) in [7, 11) is 0.872. The molecule has 0 bridgehead atoms. The highest BCUT2D eigenvalue weighted by Gasteiger charge is 2.53. The van der Waals surface area contributed by atoms with Gasteiger partial charge < -0.3 is 13.7 Å². The molecule has 1 fully saturated rings. The summed E-state index contributed by atoms with van der Waals surface area (Å²) < 4.78 is 38.5. The van der Waals surface area contributed by atoms with Gasteiger partial charge in [-0.05, 0) is 23.3 Å². The number of hydrogen-bond donors (Lipinski definition) is 0. The highest BCUT2D eigenvalue weighted by atomic mass is 32.2. The van der Waals surface area contributed by atoms with E-state index in [2.05, 4.69) is 14.1 Å². The summed E-state index contributed by atoms with van der Waals surface area (Å²) in [5.74, 6) is -0.0239. The summed E-state index contributed by atoms with van der Waals surface area (Å²) in [6.07, 6.45) is 0.997. The first kappa shape index (κ1) is 17.7. The van der Waals surface area contributed by atoms with Gasteiger partial charge in [0, 0.05) is 40.3 Å². The molecule has 1 saturated heterocycles. The Labute approximate surface area is 155 Å². The molecule has 138 valence electrons. The van der Waals surface area contributed by atoms with Gasteiger partial charge in [0.15, 0.2) is 9.84 Å². The SMILES string of the molecule is C[N+]1(C)CCCO[B-]12OCc1ccc(CS(=O)(=O)c3ccccc3)cc12. The Bertz CT molecular complexity index is 926. The molecule has 5 nitrogen and oxygen atoms in total. The fraction of sp³-hybridized carbons (Fsp3) is 0.368. The van der Waals surface area contributed by atoms with Crippen LogP contribution in [-0.2, 0) is 31.5 Å². The maximum atomic E-state index is 12.7. The molecule has 2 aromatic rings. The molecule has 0 saturated carbocycles. The number of sulfone groups is 1. The number of nitrogens with zero attached hydrogens (tertiary/aromatic N) is 1. The van der Waals surface area contributed by atoms with E-state index in [9.17, 15) is 8.42 Å². The molecule has 2 aromatic carbocycles. The third kappa shape index (κ3) is 2.79. The van der Waals surface area contributed by atoms with Crippen LogP contribution in [0.3, 0.4) is 0 Å². The van der Waals surface area contributed by atoms with Gasteiger partial charge in [0.2, 0.25) is 0 Å². The smallest absolute Gasteiger partial charge is 0.502 e. The third-order valence-corrected chi connectivity index (χ3v) is 7.37. The van der Waals surface area contributed by atoms with E-state index in [1.807, 2.05) is 24.3 Å². The van der Waals surface area contributed by atoms with Gasteiger partial charge in [-0.3, -0.25) is 0 Å². The fourth-order valence-corrected chi connectivity index (χ4v) is 5.59. The average Bonchev–Trinajstić information content (AvgIpc) is 2.98. The molecule has 2 heterocycles. The average molecular weight is 373 g/mol. The van der Waals surface area contributed by atoms with Crippen LogP contribution in [0.25, 0.3) is 0 Å². The van der Waals surface area contributed by atoms with Crippen molar-refractivity contribution in [3.05, 3.63) is 59.7 Å². The molecular formula is C19H24BNO4S. The minimum atomic E-state index is -3.38. The Morgan fingerprint density at radius 3 is 2.58 bits per heavy atom. The fourth-order valence-electron chi connectivity index (χ4n) is 4.23. The van der Waals surface area contributed by atoms with Crippen molar-refractivity contribution in [1.29, 1.82) is 0 Å². The van der Waals surface area contributed by atoms with Crippen LogP contribution < -0.4 is 5.46 Å². The van der Waals surface area contributed by atoms with E-state index in [0.717, 1.165) is 29.6 Å². The molecule has 0 aromatic heterocycles. The van der Waals surface area contributed by atoms with Gasteiger partial charge in [-0.2, -0.15) is 0 Å². The number of quaternary nitrogens is 1. The highest BCUT2D eigenvalue weighted by molar-refractivity contribution is 7.90. The van der Waals surface area contributed by atoms with Crippen LogP contribution in [0.1, 0.15) is 17.5 Å². The van der Waals surface area contributed by atoms with Gasteiger partial charge in [-0.1, -0.05) is 41.9 Å². The van der Waals surface area contributed by atoms with Crippen molar-refractivity contribution in [3.8, 4) is 0 Å². The standard InChI is InChI=1S/C19H24BNO4S/c1-21(2)11-6-12-24-20(21)19-13-16(9-10-17(19)14-25-20)15-26(22,23)18-7-4-3-5-8-18/h3-5,7-10,13H,6,11-12,14-15H2,1-2H3. The Kier molecular flexibility index (Phi) is 4.23. The first-order chi connectivity index (χ1) is 12.3. The van der Waals surface area contributed by atoms with E-state index in [0.29, 0.717) is 22.5 Å². The third-order valence-electron chi connectivity index (χ3n) is 5.67.